The van der Waals surface area contributed by atoms with Gasteiger partial charge in [0.2, 0.25) is 0 Å². The Morgan fingerprint density at radius 2 is 1.61 bits per heavy atom. The number of hydrogen-bond donors (Lipinski definition) is 0. The lowest BCUT2D eigenvalue weighted by Gasteiger charge is -2.10. The van der Waals surface area contributed by atoms with Crippen LogP contribution in [-0.2, 0) is 0 Å². The molecule has 28 heavy (non-hydrogen) atoms. The van der Waals surface area contributed by atoms with E-state index < -0.39 is 29.0 Å². The Bertz CT molecular complexity index is 1040. The maximum atomic E-state index is 13.8. The summed E-state index contributed by atoms with van der Waals surface area (Å²) in [5, 5.41) is 0. The van der Waals surface area contributed by atoms with Gasteiger partial charge in [-0.3, -0.25) is 4.98 Å². The van der Waals surface area contributed by atoms with Crippen LogP contribution in [0.3, 0.4) is 0 Å². The number of hydrogen-bond acceptors (Lipinski definition) is 4. The highest BCUT2D eigenvalue weighted by molar-refractivity contribution is 5.91. The SMILES string of the molecule is COc1cc(/C=C/c2ccncc2)ccc1OC(=O)c1ccc(F)c(F)c1F. The number of esters is 1. The average molecular weight is 385 g/mol. The molecule has 1 heterocycles. The predicted molar refractivity (Wildman–Crippen MR) is 97.4 cm³/mol. The molecule has 0 radical (unpaired) electrons. The van der Waals surface area contributed by atoms with Crippen LogP contribution in [0, 0.1) is 17.5 Å². The maximum absolute atomic E-state index is 13.8. The highest BCUT2D eigenvalue weighted by Gasteiger charge is 2.21. The van der Waals surface area contributed by atoms with Crippen LogP contribution >= 0.6 is 0 Å². The fraction of sp³-hybridized carbons (Fsp3) is 0.0476. The van der Waals surface area contributed by atoms with Crippen molar-refractivity contribution in [2.45, 2.75) is 0 Å². The lowest BCUT2D eigenvalue weighted by Crippen LogP contribution is -2.13. The first-order chi connectivity index (χ1) is 13.5. The molecule has 3 aromatic rings. The molecule has 0 saturated carbocycles. The molecule has 0 aliphatic rings. The summed E-state index contributed by atoms with van der Waals surface area (Å²) in [5.74, 6) is -5.68. The molecule has 0 bridgehead atoms. The number of nitrogens with zero attached hydrogens (tertiary/aromatic N) is 1. The number of rotatable bonds is 5. The van der Waals surface area contributed by atoms with Gasteiger partial charge in [0.1, 0.15) is 0 Å². The number of carbonyl (C=O) groups excluding carboxylic acids is 1. The van der Waals surface area contributed by atoms with Crippen molar-refractivity contribution in [2.75, 3.05) is 7.11 Å². The molecule has 0 aliphatic carbocycles. The summed E-state index contributed by atoms with van der Waals surface area (Å²) in [6.07, 6.45) is 7.01. The summed E-state index contributed by atoms with van der Waals surface area (Å²) in [6, 6.07) is 9.86. The zero-order valence-corrected chi connectivity index (χ0v) is 14.7. The van der Waals surface area contributed by atoms with E-state index in [1.807, 2.05) is 24.3 Å². The van der Waals surface area contributed by atoms with Crippen molar-refractivity contribution in [1.29, 1.82) is 0 Å². The second-order valence-electron chi connectivity index (χ2n) is 5.64. The van der Waals surface area contributed by atoms with Crippen molar-refractivity contribution < 1.29 is 27.4 Å². The first-order valence-corrected chi connectivity index (χ1v) is 8.11. The van der Waals surface area contributed by atoms with Crippen molar-refractivity contribution in [2.24, 2.45) is 0 Å². The molecule has 0 unspecified atom stereocenters. The lowest BCUT2D eigenvalue weighted by atomic mass is 10.1. The molecule has 0 fully saturated rings. The monoisotopic (exact) mass is 385 g/mol. The van der Waals surface area contributed by atoms with Gasteiger partial charge in [-0.2, -0.15) is 0 Å². The van der Waals surface area contributed by atoms with Gasteiger partial charge in [-0.25, -0.2) is 18.0 Å². The van der Waals surface area contributed by atoms with Crippen LogP contribution in [-0.4, -0.2) is 18.1 Å². The molecule has 0 spiro atoms. The molecule has 3 rings (SSSR count). The fourth-order valence-corrected chi connectivity index (χ4v) is 2.38. The Hall–Kier alpha value is -3.61. The zero-order valence-electron chi connectivity index (χ0n) is 14.7. The smallest absolute Gasteiger partial charge is 0.346 e. The Balaban J connectivity index is 1.82. The fourth-order valence-electron chi connectivity index (χ4n) is 2.38. The van der Waals surface area contributed by atoms with Gasteiger partial charge in [-0.1, -0.05) is 18.2 Å². The van der Waals surface area contributed by atoms with Gasteiger partial charge in [-0.15, -0.1) is 0 Å². The Morgan fingerprint density at radius 1 is 0.893 bits per heavy atom. The van der Waals surface area contributed by atoms with Crippen molar-refractivity contribution in [3.8, 4) is 11.5 Å². The molecule has 0 N–H and O–H groups in total. The number of halogens is 3. The Morgan fingerprint density at radius 3 is 2.32 bits per heavy atom. The van der Waals surface area contributed by atoms with Gasteiger partial charge < -0.3 is 9.47 Å². The largest absolute Gasteiger partial charge is 0.493 e. The van der Waals surface area contributed by atoms with E-state index in [0.29, 0.717) is 6.07 Å². The summed E-state index contributed by atoms with van der Waals surface area (Å²) in [5.41, 5.74) is 0.980. The highest BCUT2D eigenvalue weighted by atomic mass is 19.2. The molecule has 142 valence electrons. The van der Waals surface area contributed by atoms with Crippen molar-refractivity contribution in [3.05, 3.63) is 89.0 Å². The number of carbonyl (C=O) groups is 1. The highest BCUT2D eigenvalue weighted by Crippen LogP contribution is 2.30. The number of methoxy groups -OCH3 is 1. The van der Waals surface area contributed by atoms with E-state index in [0.717, 1.165) is 17.2 Å². The first-order valence-electron chi connectivity index (χ1n) is 8.11. The van der Waals surface area contributed by atoms with Gasteiger partial charge in [0.25, 0.3) is 0 Å². The van der Waals surface area contributed by atoms with E-state index in [1.165, 1.54) is 13.2 Å². The van der Waals surface area contributed by atoms with E-state index >= 15 is 0 Å². The second kappa shape index (κ2) is 8.39. The summed E-state index contributed by atoms with van der Waals surface area (Å²) < 4.78 is 50.4. The molecular formula is C21H14F3NO3. The van der Waals surface area contributed by atoms with Crippen LogP contribution in [0.25, 0.3) is 12.2 Å². The van der Waals surface area contributed by atoms with Crippen LogP contribution in [0.4, 0.5) is 13.2 Å². The second-order valence-corrected chi connectivity index (χ2v) is 5.64. The lowest BCUT2D eigenvalue weighted by molar-refractivity contribution is 0.0723. The van der Waals surface area contributed by atoms with Crippen LogP contribution in [0.15, 0.2) is 54.9 Å². The number of ether oxygens (including phenoxy) is 2. The normalized spacial score (nSPS) is 10.9. The minimum absolute atomic E-state index is 0.0118. The van der Waals surface area contributed by atoms with E-state index in [1.54, 1.807) is 24.5 Å². The van der Waals surface area contributed by atoms with Crippen molar-refractivity contribution in [1.82, 2.24) is 4.98 Å². The van der Waals surface area contributed by atoms with Gasteiger partial charge in [-0.05, 0) is 47.5 Å². The standard InChI is InChI=1S/C21H14F3NO3/c1-27-18-12-14(3-2-13-8-10-25-11-9-13)4-7-17(18)28-21(26)15-5-6-16(22)20(24)19(15)23/h2-12H,1H3/b3-2+. The molecule has 0 amide bonds. The molecular weight excluding hydrogens is 371 g/mol. The molecule has 0 saturated heterocycles. The van der Waals surface area contributed by atoms with Gasteiger partial charge >= 0.3 is 5.97 Å². The summed E-state index contributed by atoms with van der Waals surface area (Å²) in [6.45, 7) is 0. The minimum atomic E-state index is -1.74. The zero-order chi connectivity index (χ0) is 20.1. The van der Waals surface area contributed by atoms with Crippen LogP contribution in [0.5, 0.6) is 11.5 Å². The average Bonchev–Trinajstić information content (AvgIpc) is 2.72. The minimum Gasteiger partial charge on any atom is -0.493 e. The molecule has 4 nitrogen and oxygen atoms in total. The Labute approximate surface area is 158 Å². The summed E-state index contributed by atoms with van der Waals surface area (Å²) in [4.78, 5) is 16.1. The van der Waals surface area contributed by atoms with Gasteiger partial charge in [0.05, 0.1) is 12.7 Å². The topological polar surface area (TPSA) is 48.4 Å². The Kier molecular flexibility index (Phi) is 5.74. The van der Waals surface area contributed by atoms with Crippen molar-refractivity contribution in [3.63, 3.8) is 0 Å². The van der Waals surface area contributed by atoms with E-state index in [4.69, 9.17) is 9.47 Å². The van der Waals surface area contributed by atoms with Gasteiger partial charge in [0, 0.05) is 12.4 Å². The molecule has 7 heteroatoms. The third-order valence-electron chi connectivity index (χ3n) is 3.82. The molecule has 1 aromatic heterocycles. The molecule has 2 aromatic carbocycles. The van der Waals surface area contributed by atoms with E-state index in [9.17, 15) is 18.0 Å². The predicted octanol–water partition coefficient (Wildman–Crippen LogP) is 4.90. The third-order valence-corrected chi connectivity index (χ3v) is 3.82. The number of pyridine rings is 1. The first kappa shape index (κ1) is 19.2. The van der Waals surface area contributed by atoms with E-state index in [-0.39, 0.29) is 11.5 Å². The maximum Gasteiger partial charge on any atom is 0.346 e. The summed E-state index contributed by atoms with van der Waals surface area (Å²) in [7, 11) is 1.38. The van der Waals surface area contributed by atoms with E-state index in [2.05, 4.69) is 4.98 Å². The molecule has 0 aliphatic heterocycles. The number of aromatic nitrogens is 1. The third kappa shape index (κ3) is 4.20. The number of benzene rings is 2. The summed E-state index contributed by atoms with van der Waals surface area (Å²) >= 11 is 0. The van der Waals surface area contributed by atoms with Crippen molar-refractivity contribution >= 4 is 18.1 Å². The van der Waals surface area contributed by atoms with Gasteiger partial charge in [0.15, 0.2) is 29.0 Å². The molecule has 0 atom stereocenters. The van der Waals surface area contributed by atoms with Crippen LogP contribution < -0.4 is 9.47 Å². The van der Waals surface area contributed by atoms with Crippen LogP contribution in [0.2, 0.25) is 0 Å². The quantitative estimate of drug-likeness (QED) is 0.356. The van der Waals surface area contributed by atoms with Crippen LogP contribution in [0.1, 0.15) is 21.5 Å².